The van der Waals surface area contributed by atoms with E-state index >= 15 is 0 Å². The first-order valence-corrected chi connectivity index (χ1v) is 8.98. The van der Waals surface area contributed by atoms with Gasteiger partial charge in [0.05, 0.1) is 23.0 Å². The Morgan fingerprint density at radius 1 is 1.19 bits per heavy atom. The third-order valence-electron chi connectivity index (χ3n) is 5.30. The molecule has 26 heavy (non-hydrogen) atoms. The first-order valence-electron chi connectivity index (χ1n) is 8.98. The van der Waals surface area contributed by atoms with Crippen LogP contribution in [-0.4, -0.2) is 36.9 Å². The zero-order chi connectivity index (χ0) is 18.3. The number of likely N-dealkylation sites (tertiary alicyclic amines) is 1. The van der Waals surface area contributed by atoms with Gasteiger partial charge in [-0.1, -0.05) is 12.1 Å². The van der Waals surface area contributed by atoms with Gasteiger partial charge in [-0.15, -0.1) is 0 Å². The van der Waals surface area contributed by atoms with Crippen molar-refractivity contribution < 1.29 is 4.79 Å². The van der Waals surface area contributed by atoms with Gasteiger partial charge in [-0.2, -0.15) is 10.2 Å². The highest BCUT2D eigenvalue weighted by Crippen LogP contribution is 2.36. The van der Waals surface area contributed by atoms with Crippen LogP contribution in [0.25, 0.3) is 5.69 Å². The maximum atomic E-state index is 13.4. The molecule has 3 heterocycles. The molecule has 1 aliphatic rings. The smallest absolute Gasteiger partial charge is 0.256 e. The maximum Gasteiger partial charge on any atom is 0.256 e. The molecule has 134 valence electrons. The predicted molar refractivity (Wildman–Crippen MR) is 99.3 cm³/mol. The van der Waals surface area contributed by atoms with E-state index in [4.69, 9.17) is 0 Å². The monoisotopic (exact) mass is 349 g/mol. The summed E-state index contributed by atoms with van der Waals surface area (Å²) in [5.74, 6) is 0.0567. The molecule has 0 N–H and O–H groups in total. The van der Waals surface area contributed by atoms with Crippen molar-refractivity contribution >= 4 is 5.91 Å². The average molecular weight is 349 g/mol. The zero-order valence-corrected chi connectivity index (χ0v) is 15.4. The van der Waals surface area contributed by atoms with Crippen LogP contribution in [0.2, 0.25) is 0 Å². The number of amides is 1. The molecule has 1 aliphatic heterocycles. The minimum Gasteiger partial charge on any atom is -0.331 e. The van der Waals surface area contributed by atoms with Crippen molar-refractivity contribution in [2.24, 2.45) is 7.05 Å². The lowest BCUT2D eigenvalue weighted by Crippen LogP contribution is -2.32. The summed E-state index contributed by atoms with van der Waals surface area (Å²) in [6.07, 6.45) is 5.57. The first kappa shape index (κ1) is 16.6. The maximum absolute atomic E-state index is 13.4. The van der Waals surface area contributed by atoms with Crippen LogP contribution < -0.4 is 0 Å². The quantitative estimate of drug-likeness (QED) is 0.730. The van der Waals surface area contributed by atoms with E-state index in [2.05, 4.69) is 17.1 Å². The second-order valence-electron chi connectivity index (χ2n) is 6.83. The van der Waals surface area contributed by atoms with Gasteiger partial charge in [0.2, 0.25) is 0 Å². The lowest BCUT2D eigenvalue weighted by Gasteiger charge is -2.26. The topological polar surface area (TPSA) is 56.0 Å². The highest BCUT2D eigenvalue weighted by atomic mass is 16.2. The number of para-hydroxylation sites is 1. The fraction of sp³-hybridized carbons (Fsp3) is 0.350. The molecule has 6 heteroatoms. The fourth-order valence-corrected chi connectivity index (χ4v) is 4.00. The Morgan fingerprint density at radius 2 is 2.00 bits per heavy atom. The summed E-state index contributed by atoms with van der Waals surface area (Å²) in [5.41, 5.74) is 4.83. The summed E-state index contributed by atoms with van der Waals surface area (Å²) in [7, 11) is 1.96. The molecule has 1 amide bonds. The fourth-order valence-electron chi connectivity index (χ4n) is 4.00. The van der Waals surface area contributed by atoms with Crippen molar-refractivity contribution in [2.45, 2.75) is 32.7 Å². The molecule has 4 rings (SSSR count). The van der Waals surface area contributed by atoms with E-state index in [1.165, 1.54) is 5.56 Å². The first-order chi connectivity index (χ1) is 12.6. The Balaban J connectivity index is 1.73. The van der Waals surface area contributed by atoms with Crippen LogP contribution in [0.15, 0.2) is 42.7 Å². The molecule has 2 aromatic heterocycles. The van der Waals surface area contributed by atoms with Gasteiger partial charge >= 0.3 is 0 Å². The van der Waals surface area contributed by atoms with Crippen molar-refractivity contribution in [3.8, 4) is 5.69 Å². The highest BCUT2D eigenvalue weighted by Gasteiger charge is 2.34. The number of aromatic nitrogens is 4. The van der Waals surface area contributed by atoms with Crippen molar-refractivity contribution in [3.05, 3.63) is 65.2 Å². The van der Waals surface area contributed by atoms with E-state index in [-0.39, 0.29) is 11.9 Å². The number of benzene rings is 1. The Hall–Kier alpha value is -2.89. The van der Waals surface area contributed by atoms with Crippen molar-refractivity contribution in [2.75, 3.05) is 6.54 Å². The van der Waals surface area contributed by atoms with Gasteiger partial charge in [0, 0.05) is 37.2 Å². The molecule has 1 unspecified atom stereocenters. The zero-order valence-electron chi connectivity index (χ0n) is 15.4. The molecule has 3 aromatic rings. The van der Waals surface area contributed by atoms with Gasteiger partial charge in [0.25, 0.3) is 5.91 Å². The van der Waals surface area contributed by atoms with E-state index < -0.39 is 0 Å². The summed E-state index contributed by atoms with van der Waals surface area (Å²) in [6, 6.07) is 9.62. The Kier molecular flexibility index (Phi) is 4.11. The standard InChI is InChI=1S/C20H23N5O/c1-14-19(15(2)23(3)22-14)18-10-6-12-24(18)20(26)16-8-4-5-9-17(16)25-13-7-11-21-25/h4-5,7-9,11,13,18H,6,10,12H2,1-3H3. The number of hydrogen-bond acceptors (Lipinski definition) is 3. The largest absolute Gasteiger partial charge is 0.331 e. The van der Waals surface area contributed by atoms with Crippen LogP contribution in [0.3, 0.4) is 0 Å². The third kappa shape index (κ3) is 2.62. The normalized spacial score (nSPS) is 17.0. The SMILES string of the molecule is Cc1nn(C)c(C)c1C1CCCN1C(=O)c1ccccc1-n1cccn1. The predicted octanol–water partition coefficient (Wildman–Crippen LogP) is 3.20. The molecule has 1 saturated heterocycles. The van der Waals surface area contributed by atoms with Crippen LogP contribution in [0, 0.1) is 13.8 Å². The number of carbonyl (C=O) groups excluding carboxylic acids is 1. The average Bonchev–Trinajstić information content (AvgIpc) is 3.37. The molecular formula is C20H23N5O. The van der Waals surface area contributed by atoms with Crippen LogP contribution in [0.1, 0.15) is 46.2 Å². The van der Waals surface area contributed by atoms with E-state index in [1.807, 2.05) is 60.1 Å². The molecule has 1 fully saturated rings. The van der Waals surface area contributed by atoms with Gasteiger partial charge in [0.1, 0.15) is 0 Å². The number of carbonyl (C=O) groups is 1. The lowest BCUT2D eigenvalue weighted by molar-refractivity contribution is 0.0735. The summed E-state index contributed by atoms with van der Waals surface area (Å²) < 4.78 is 3.65. The van der Waals surface area contributed by atoms with E-state index in [9.17, 15) is 4.79 Å². The molecule has 0 spiro atoms. The Labute approximate surface area is 153 Å². The molecule has 6 nitrogen and oxygen atoms in total. The van der Waals surface area contributed by atoms with Crippen LogP contribution >= 0.6 is 0 Å². The van der Waals surface area contributed by atoms with Crippen molar-refractivity contribution in [3.63, 3.8) is 0 Å². The van der Waals surface area contributed by atoms with E-state index in [1.54, 1.807) is 10.9 Å². The second kappa shape index (κ2) is 6.44. The van der Waals surface area contributed by atoms with Crippen LogP contribution in [-0.2, 0) is 7.05 Å². The Morgan fingerprint density at radius 3 is 2.69 bits per heavy atom. The van der Waals surface area contributed by atoms with Gasteiger partial charge in [-0.25, -0.2) is 4.68 Å². The third-order valence-corrected chi connectivity index (χ3v) is 5.30. The second-order valence-corrected chi connectivity index (χ2v) is 6.83. The molecule has 0 saturated carbocycles. The number of hydrogen-bond donors (Lipinski definition) is 0. The number of rotatable bonds is 3. The molecule has 0 radical (unpaired) electrons. The minimum atomic E-state index is 0.0567. The summed E-state index contributed by atoms with van der Waals surface area (Å²) >= 11 is 0. The van der Waals surface area contributed by atoms with Crippen LogP contribution in [0.4, 0.5) is 0 Å². The van der Waals surface area contributed by atoms with Gasteiger partial charge < -0.3 is 4.90 Å². The van der Waals surface area contributed by atoms with Crippen LogP contribution in [0.5, 0.6) is 0 Å². The van der Waals surface area contributed by atoms with Crippen molar-refractivity contribution in [1.29, 1.82) is 0 Å². The minimum absolute atomic E-state index is 0.0567. The van der Waals surface area contributed by atoms with E-state index in [0.717, 1.165) is 36.5 Å². The summed E-state index contributed by atoms with van der Waals surface area (Å²) in [6.45, 7) is 4.87. The molecule has 1 atom stereocenters. The Bertz CT molecular complexity index is 941. The molecule has 0 bridgehead atoms. The van der Waals surface area contributed by atoms with Gasteiger partial charge in [-0.05, 0) is 44.9 Å². The molecule has 0 aliphatic carbocycles. The highest BCUT2D eigenvalue weighted by molar-refractivity contribution is 5.98. The van der Waals surface area contributed by atoms with Gasteiger partial charge in [-0.3, -0.25) is 9.48 Å². The molecule has 1 aromatic carbocycles. The summed E-state index contributed by atoms with van der Waals surface area (Å²) in [4.78, 5) is 15.4. The van der Waals surface area contributed by atoms with E-state index in [0.29, 0.717) is 5.56 Å². The number of aryl methyl sites for hydroxylation is 2. The summed E-state index contributed by atoms with van der Waals surface area (Å²) in [5, 5.41) is 8.84. The van der Waals surface area contributed by atoms with Crippen molar-refractivity contribution in [1.82, 2.24) is 24.5 Å². The molecular weight excluding hydrogens is 326 g/mol. The van der Waals surface area contributed by atoms with Gasteiger partial charge in [0.15, 0.2) is 0 Å². The lowest BCUT2D eigenvalue weighted by atomic mass is 10.0. The number of nitrogens with zero attached hydrogens (tertiary/aromatic N) is 5.